The molecule has 1 aromatic heterocycles. The number of anilines is 1. The van der Waals surface area contributed by atoms with Crippen LogP contribution < -0.4 is 5.73 Å². The molecule has 0 unspecified atom stereocenters. The SMILES string of the molecule is Nc1nc(C2CCN(CCc3ccccc3)CC2)c(-c2ccc(F)cc2)s1. The summed E-state index contributed by atoms with van der Waals surface area (Å²) in [5.41, 5.74) is 9.51. The van der Waals surface area contributed by atoms with Crippen molar-refractivity contribution in [3.05, 3.63) is 71.7 Å². The molecule has 0 amide bonds. The van der Waals surface area contributed by atoms with Gasteiger partial charge in [0.05, 0.1) is 10.6 Å². The van der Waals surface area contributed by atoms with E-state index in [2.05, 4.69) is 40.2 Å². The zero-order valence-corrected chi connectivity index (χ0v) is 16.1. The average molecular weight is 382 g/mol. The molecule has 2 N–H and O–H groups in total. The first-order valence-electron chi connectivity index (χ1n) is 9.47. The Bertz CT molecular complexity index is 868. The Morgan fingerprint density at radius 1 is 1.04 bits per heavy atom. The first kappa shape index (κ1) is 18.1. The molecule has 0 atom stereocenters. The average Bonchev–Trinajstić information content (AvgIpc) is 3.10. The number of thiazole rings is 1. The van der Waals surface area contributed by atoms with Gasteiger partial charge in [0.25, 0.3) is 0 Å². The van der Waals surface area contributed by atoms with E-state index in [4.69, 9.17) is 5.73 Å². The second-order valence-electron chi connectivity index (χ2n) is 7.12. The van der Waals surface area contributed by atoms with Gasteiger partial charge >= 0.3 is 0 Å². The van der Waals surface area contributed by atoms with Crippen LogP contribution in [0.3, 0.4) is 0 Å². The molecule has 0 radical (unpaired) electrons. The molecule has 1 aliphatic rings. The van der Waals surface area contributed by atoms with Crippen molar-refractivity contribution >= 4 is 16.5 Å². The van der Waals surface area contributed by atoms with Crippen LogP contribution in [0.25, 0.3) is 10.4 Å². The molecule has 0 aliphatic carbocycles. The molecule has 0 saturated carbocycles. The van der Waals surface area contributed by atoms with Crippen LogP contribution in [0.2, 0.25) is 0 Å². The quantitative estimate of drug-likeness (QED) is 0.680. The summed E-state index contributed by atoms with van der Waals surface area (Å²) in [6.07, 6.45) is 3.27. The maximum absolute atomic E-state index is 13.3. The number of nitrogens with zero attached hydrogens (tertiary/aromatic N) is 2. The van der Waals surface area contributed by atoms with Crippen molar-refractivity contribution in [1.82, 2.24) is 9.88 Å². The lowest BCUT2D eigenvalue weighted by atomic mass is 9.91. The maximum Gasteiger partial charge on any atom is 0.180 e. The van der Waals surface area contributed by atoms with Crippen molar-refractivity contribution in [3.63, 3.8) is 0 Å². The lowest BCUT2D eigenvalue weighted by Gasteiger charge is -2.31. The summed E-state index contributed by atoms with van der Waals surface area (Å²) in [7, 11) is 0. The standard InChI is InChI=1S/C22H24FN3S/c23-19-8-6-18(7-9-19)21-20(25-22(24)27-21)17-11-14-26(15-12-17)13-10-16-4-2-1-3-5-16/h1-9,17H,10-15H2,(H2,24,25). The van der Waals surface area contributed by atoms with E-state index in [0.29, 0.717) is 11.0 Å². The molecule has 1 saturated heterocycles. The van der Waals surface area contributed by atoms with Crippen molar-refractivity contribution in [2.75, 3.05) is 25.4 Å². The van der Waals surface area contributed by atoms with Crippen LogP contribution in [0.15, 0.2) is 54.6 Å². The highest BCUT2D eigenvalue weighted by atomic mass is 32.1. The molecule has 140 valence electrons. The van der Waals surface area contributed by atoms with E-state index in [1.165, 1.54) is 29.0 Å². The Labute approximate surface area is 163 Å². The molecular formula is C22H24FN3S. The topological polar surface area (TPSA) is 42.1 Å². The van der Waals surface area contributed by atoms with Gasteiger partial charge < -0.3 is 10.6 Å². The van der Waals surface area contributed by atoms with E-state index < -0.39 is 0 Å². The van der Waals surface area contributed by atoms with E-state index in [1.54, 1.807) is 0 Å². The number of hydrogen-bond acceptors (Lipinski definition) is 4. The Hall–Kier alpha value is -2.24. The fourth-order valence-corrected chi connectivity index (χ4v) is 4.72. The molecule has 3 nitrogen and oxygen atoms in total. The van der Waals surface area contributed by atoms with E-state index in [1.807, 2.05) is 12.1 Å². The number of nitrogens with two attached hydrogens (primary N) is 1. The maximum atomic E-state index is 13.3. The van der Waals surface area contributed by atoms with Crippen molar-refractivity contribution < 1.29 is 4.39 Å². The van der Waals surface area contributed by atoms with Gasteiger partial charge in [-0.15, -0.1) is 0 Å². The molecule has 2 heterocycles. The van der Waals surface area contributed by atoms with E-state index in [0.717, 1.165) is 55.0 Å². The van der Waals surface area contributed by atoms with Gasteiger partial charge in [0, 0.05) is 12.5 Å². The first-order valence-corrected chi connectivity index (χ1v) is 10.3. The monoisotopic (exact) mass is 381 g/mol. The molecular weight excluding hydrogens is 357 g/mol. The Balaban J connectivity index is 1.40. The molecule has 1 fully saturated rings. The summed E-state index contributed by atoms with van der Waals surface area (Å²) in [4.78, 5) is 8.27. The Morgan fingerprint density at radius 2 is 1.74 bits per heavy atom. The summed E-state index contributed by atoms with van der Waals surface area (Å²) in [6, 6.07) is 17.3. The lowest BCUT2D eigenvalue weighted by Crippen LogP contribution is -2.34. The molecule has 2 aromatic carbocycles. The van der Waals surface area contributed by atoms with Crippen LogP contribution >= 0.6 is 11.3 Å². The molecule has 27 heavy (non-hydrogen) atoms. The largest absolute Gasteiger partial charge is 0.375 e. The van der Waals surface area contributed by atoms with Gasteiger partial charge in [-0.25, -0.2) is 9.37 Å². The summed E-state index contributed by atoms with van der Waals surface area (Å²) in [5, 5.41) is 0.593. The van der Waals surface area contributed by atoms with Gasteiger partial charge in [-0.2, -0.15) is 0 Å². The third-order valence-corrected chi connectivity index (χ3v) is 6.26. The minimum absolute atomic E-state index is 0.218. The number of rotatable bonds is 5. The zero-order chi connectivity index (χ0) is 18.6. The summed E-state index contributed by atoms with van der Waals surface area (Å²) < 4.78 is 13.3. The van der Waals surface area contributed by atoms with Crippen molar-refractivity contribution in [2.24, 2.45) is 0 Å². The number of aromatic nitrogens is 1. The molecule has 0 bridgehead atoms. The predicted octanol–water partition coefficient (Wildman–Crippen LogP) is 4.95. The van der Waals surface area contributed by atoms with E-state index >= 15 is 0 Å². The number of halogens is 1. The summed E-state index contributed by atoms with van der Waals surface area (Å²) >= 11 is 1.51. The minimum atomic E-state index is -0.218. The fraction of sp³-hybridized carbons (Fsp3) is 0.318. The van der Waals surface area contributed by atoms with Gasteiger partial charge in [-0.05, 0) is 55.6 Å². The van der Waals surface area contributed by atoms with Gasteiger partial charge in [0.15, 0.2) is 5.13 Å². The van der Waals surface area contributed by atoms with Crippen LogP contribution in [-0.2, 0) is 6.42 Å². The van der Waals surface area contributed by atoms with Gasteiger partial charge in [-0.3, -0.25) is 0 Å². The number of hydrogen-bond donors (Lipinski definition) is 1. The van der Waals surface area contributed by atoms with Crippen LogP contribution in [-0.4, -0.2) is 29.5 Å². The van der Waals surface area contributed by atoms with Gasteiger partial charge in [0.2, 0.25) is 0 Å². The Morgan fingerprint density at radius 3 is 2.44 bits per heavy atom. The number of nitrogen functional groups attached to an aromatic ring is 1. The van der Waals surface area contributed by atoms with E-state index in [-0.39, 0.29) is 5.82 Å². The molecule has 5 heteroatoms. The van der Waals surface area contributed by atoms with Gasteiger partial charge in [0.1, 0.15) is 5.82 Å². The second-order valence-corrected chi connectivity index (χ2v) is 8.16. The Kier molecular flexibility index (Phi) is 5.50. The van der Waals surface area contributed by atoms with Crippen LogP contribution in [0.5, 0.6) is 0 Å². The highest BCUT2D eigenvalue weighted by Gasteiger charge is 2.25. The highest BCUT2D eigenvalue weighted by Crippen LogP contribution is 2.39. The molecule has 4 rings (SSSR count). The number of piperidine rings is 1. The normalized spacial score (nSPS) is 15.9. The minimum Gasteiger partial charge on any atom is -0.375 e. The van der Waals surface area contributed by atoms with Crippen LogP contribution in [0, 0.1) is 5.82 Å². The molecule has 0 spiro atoms. The van der Waals surface area contributed by atoms with Crippen LogP contribution in [0.4, 0.5) is 9.52 Å². The molecule has 3 aromatic rings. The third kappa shape index (κ3) is 4.37. The van der Waals surface area contributed by atoms with E-state index in [9.17, 15) is 4.39 Å². The number of benzene rings is 2. The van der Waals surface area contributed by atoms with Crippen LogP contribution in [0.1, 0.15) is 30.0 Å². The predicted molar refractivity (Wildman–Crippen MR) is 110 cm³/mol. The first-order chi connectivity index (χ1) is 13.2. The van der Waals surface area contributed by atoms with Gasteiger partial charge in [-0.1, -0.05) is 53.8 Å². The summed E-state index contributed by atoms with van der Waals surface area (Å²) in [6.45, 7) is 3.26. The highest BCUT2D eigenvalue weighted by molar-refractivity contribution is 7.18. The van der Waals surface area contributed by atoms with Crippen molar-refractivity contribution in [3.8, 4) is 10.4 Å². The van der Waals surface area contributed by atoms with Crippen molar-refractivity contribution in [1.29, 1.82) is 0 Å². The summed E-state index contributed by atoms with van der Waals surface area (Å²) in [5.74, 6) is 0.205. The fourth-order valence-electron chi connectivity index (χ4n) is 3.80. The lowest BCUT2D eigenvalue weighted by molar-refractivity contribution is 0.213. The zero-order valence-electron chi connectivity index (χ0n) is 15.3. The van der Waals surface area contributed by atoms with Crippen molar-refractivity contribution in [2.45, 2.75) is 25.2 Å². The molecule has 1 aliphatic heterocycles. The number of likely N-dealkylation sites (tertiary alicyclic amines) is 1. The third-order valence-electron chi connectivity index (χ3n) is 5.31. The smallest absolute Gasteiger partial charge is 0.180 e. The second kappa shape index (κ2) is 8.19.